The van der Waals surface area contributed by atoms with E-state index in [4.69, 9.17) is 26.1 Å². The van der Waals surface area contributed by atoms with Crippen LogP contribution in [0.5, 0.6) is 11.5 Å². The molecule has 4 heterocycles. The van der Waals surface area contributed by atoms with Crippen molar-refractivity contribution in [2.75, 3.05) is 26.2 Å². The zero-order valence-electron chi connectivity index (χ0n) is 25.0. The van der Waals surface area contributed by atoms with Gasteiger partial charge in [-0.1, -0.05) is 23.7 Å². The number of halogens is 2. The van der Waals surface area contributed by atoms with Gasteiger partial charge in [-0.3, -0.25) is 9.69 Å². The fourth-order valence-electron chi connectivity index (χ4n) is 6.88. The van der Waals surface area contributed by atoms with Gasteiger partial charge in [0.05, 0.1) is 28.7 Å². The van der Waals surface area contributed by atoms with Crippen molar-refractivity contribution in [1.82, 2.24) is 19.4 Å². The van der Waals surface area contributed by atoms with Crippen LogP contribution in [0.3, 0.4) is 0 Å². The molecule has 7 rings (SSSR count). The molecule has 2 fully saturated rings. The number of ether oxygens (including phenoxy) is 2. The Kier molecular flexibility index (Phi) is 7.65. The molecular weight excluding hydrogens is 599 g/mol. The van der Waals surface area contributed by atoms with Gasteiger partial charge in [0.15, 0.2) is 11.5 Å². The molecule has 9 nitrogen and oxygen atoms in total. The van der Waals surface area contributed by atoms with Crippen LogP contribution in [0.2, 0.25) is 5.02 Å². The fraction of sp³-hybridized carbons (Fsp3) is 0.382. The third-order valence-corrected chi connectivity index (χ3v) is 9.50. The predicted molar refractivity (Wildman–Crippen MR) is 166 cm³/mol. The molecule has 45 heavy (non-hydrogen) atoms. The van der Waals surface area contributed by atoms with Crippen LogP contribution in [-0.4, -0.2) is 62.5 Å². The average molecular weight is 633 g/mol. The molecule has 234 valence electrons. The molecule has 3 aromatic carbocycles. The molecule has 0 radical (unpaired) electrons. The van der Waals surface area contributed by atoms with E-state index in [9.17, 15) is 19.1 Å². The Bertz CT molecular complexity index is 1800. The highest BCUT2D eigenvalue weighted by Gasteiger charge is 2.43. The van der Waals surface area contributed by atoms with Gasteiger partial charge in [-0.2, -0.15) is 0 Å². The van der Waals surface area contributed by atoms with E-state index in [-0.39, 0.29) is 23.0 Å². The number of carboxylic acid groups (broad SMARTS) is 1. The molecule has 2 saturated heterocycles. The quantitative estimate of drug-likeness (QED) is 0.248. The number of nitrogens with zero attached hydrogens (tertiary/aromatic N) is 4. The SMILES string of the molecule is CC1(c2ccc(Cl)cc2F)Oc2cccc(C3CCN(Cc4nc5ccc(C(=O)O)cc5n4CCN4CCCC4=O)CC3)c2O1. The summed E-state index contributed by atoms with van der Waals surface area (Å²) in [6.45, 7) is 5.85. The number of rotatable bonds is 8. The number of carbonyl (C=O) groups excluding carboxylic acids is 1. The van der Waals surface area contributed by atoms with E-state index in [1.54, 1.807) is 37.3 Å². The summed E-state index contributed by atoms with van der Waals surface area (Å²) < 4.78 is 29.5. The van der Waals surface area contributed by atoms with Crippen LogP contribution in [0.1, 0.15) is 65.8 Å². The van der Waals surface area contributed by atoms with E-state index >= 15 is 0 Å². The Labute approximate surface area is 265 Å². The minimum Gasteiger partial charge on any atom is -0.478 e. The number of imidazole rings is 1. The van der Waals surface area contributed by atoms with E-state index < -0.39 is 17.6 Å². The van der Waals surface area contributed by atoms with Crippen molar-refractivity contribution in [3.8, 4) is 11.5 Å². The molecule has 0 bridgehead atoms. The van der Waals surface area contributed by atoms with E-state index in [2.05, 4.69) is 15.5 Å². The molecule has 3 aliphatic rings. The van der Waals surface area contributed by atoms with Gasteiger partial charge in [0.25, 0.3) is 5.79 Å². The number of para-hydroxylation sites is 1. The lowest BCUT2D eigenvalue weighted by molar-refractivity contribution is -0.127. The molecule has 1 atom stereocenters. The largest absolute Gasteiger partial charge is 0.478 e. The summed E-state index contributed by atoms with van der Waals surface area (Å²) >= 11 is 5.98. The van der Waals surface area contributed by atoms with Crippen molar-refractivity contribution in [2.45, 2.75) is 57.4 Å². The number of hydrogen-bond acceptors (Lipinski definition) is 6. The molecule has 1 amide bonds. The van der Waals surface area contributed by atoms with Gasteiger partial charge in [-0.25, -0.2) is 14.2 Å². The first-order valence-electron chi connectivity index (χ1n) is 15.4. The third-order valence-electron chi connectivity index (χ3n) is 9.26. The van der Waals surface area contributed by atoms with E-state index in [1.807, 2.05) is 17.0 Å². The highest BCUT2D eigenvalue weighted by Crippen LogP contribution is 2.49. The standard InChI is InChI=1S/C34H34ClFN4O5/c1-34(25-9-8-23(35)19-26(25)36)44-29-5-2-4-24(32(29)45-34)21-11-14-38(15-12-21)20-30-37-27-10-7-22(33(42)43)18-28(27)40(30)17-16-39-13-3-6-31(39)41/h2,4-5,7-10,18-19,21H,3,6,11-17,20H2,1H3,(H,42,43). The molecular formula is C34H34ClFN4O5. The lowest BCUT2D eigenvalue weighted by atomic mass is 9.88. The van der Waals surface area contributed by atoms with Crippen LogP contribution in [-0.2, 0) is 23.7 Å². The normalized spacial score (nSPS) is 20.4. The van der Waals surface area contributed by atoms with Crippen molar-refractivity contribution in [3.63, 3.8) is 0 Å². The van der Waals surface area contributed by atoms with Crippen molar-refractivity contribution < 1.29 is 28.6 Å². The molecule has 3 aliphatic heterocycles. The maximum Gasteiger partial charge on any atom is 0.335 e. The summed E-state index contributed by atoms with van der Waals surface area (Å²) in [5.41, 5.74) is 3.06. The number of hydrogen-bond donors (Lipinski definition) is 1. The van der Waals surface area contributed by atoms with Crippen molar-refractivity contribution >= 4 is 34.5 Å². The number of benzene rings is 3. The molecule has 0 saturated carbocycles. The number of amides is 1. The second-order valence-corrected chi connectivity index (χ2v) is 12.6. The Hall–Kier alpha value is -4.15. The number of likely N-dealkylation sites (tertiary alicyclic amines) is 2. The molecule has 1 aromatic heterocycles. The lowest BCUT2D eigenvalue weighted by Crippen LogP contribution is -2.34. The highest BCUT2D eigenvalue weighted by atomic mass is 35.5. The molecule has 0 aliphatic carbocycles. The number of aromatic nitrogens is 2. The van der Waals surface area contributed by atoms with Crippen LogP contribution in [0.4, 0.5) is 4.39 Å². The number of carboxylic acids is 1. The first-order chi connectivity index (χ1) is 21.7. The van der Waals surface area contributed by atoms with Crippen molar-refractivity contribution in [1.29, 1.82) is 0 Å². The second kappa shape index (κ2) is 11.7. The maximum atomic E-state index is 14.8. The van der Waals surface area contributed by atoms with Crippen LogP contribution in [0, 0.1) is 5.82 Å². The minimum atomic E-state index is -1.30. The van der Waals surface area contributed by atoms with Gasteiger partial charge in [-0.05, 0) is 80.7 Å². The van der Waals surface area contributed by atoms with Gasteiger partial charge in [-0.15, -0.1) is 0 Å². The summed E-state index contributed by atoms with van der Waals surface area (Å²) in [7, 11) is 0. The average Bonchev–Trinajstić information content (AvgIpc) is 3.69. The van der Waals surface area contributed by atoms with Gasteiger partial charge in [0.1, 0.15) is 11.6 Å². The molecule has 4 aromatic rings. The molecule has 0 spiro atoms. The summed E-state index contributed by atoms with van der Waals surface area (Å²) in [6.07, 6.45) is 3.22. The monoisotopic (exact) mass is 632 g/mol. The number of carbonyl (C=O) groups is 2. The van der Waals surface area contributed by atoms with Crippen LogP contribution >= 0.6 is 11.6 Å². The van der Waals surface area contributed by atoms with E-state index in [1.165, 1.54) is 6.07 Å². The Morgan fingerprint density at radius 1 is 1.09 bits per heavy atom. The third kappa shape index (κ3) is 5.61. The number of fused-ring (bicyclic) bond motifs is 2. The molecule has 1 N–H and O–H groups in total. The lowest BCUT2D eigenvalue weighted by Gasteiger charge is -2.32. The Morgan fingerprint density at radius 3 is 2.64 bits per heavy atom. The first-order valence-corrected chi connectivity index (χ1v) is 15.8. The summed E-state index contributed by atoms with van der Waals surface area (Å²) in [5, 5.41) is 9.91. The van der Waals surface area contributed by atoms with Crippen molar-refractivity contribution in [2.24, 2.45) is 0 Å². The van der Waals surface area contributed by atoms with Gasteiger partial charge >= 0.3 is 5.97 Å². The zero-order chi connectivity index (χ0) is 31.3. The van der Waals surface area contributed by atoms with Gasteiger partial charge < -0.3 is 24.0 Å². The van der Waals surface area contributed by atoms with E-state index in [0.717, 1.165) is 61.3 Å². The molecule has 11 heteroatoms. The Morgan fingerprint density at radius 2 is 1.91 bits per heavy atom. The van der Waals surface area contributed by atoms with Crippen LogP contribution in [0.25, 0.3) is 11.0 Å². The molecule has 1 unspecified atom stereocenters. The van der Waals surface area contributed by atoms with Gasteiger partial charge in [0.2, 0.25) is 5.91 Å². The summed E-state index contributed by atoms with van der Waals surface area (Å²) in [5.74, 6) is -0.264. The number of piperidine rings is 1. The summed E-state index contributed by atoms with van der Waals surface area (Å²) in [4.78, 5) is 33.1. The first kappa shape index (κ1) is 29.6. The maximum absolute atomic E-state index is 14.8. The van der Waals surface area contributed by atoms with Crippen LogP contribution in [0.15, 0.2) is 54.6 Å². The fourth-order valence-corrected chi connectivity index (χ4v) is 7.03. The topological polar surface area (TPSA) is 97.1 Å². The summed E-state index contributed by atoms with van der Waals surface area (Å²) in [6, 6.07) is 15.4. The Balaban J connectivity index is 1.07. The highest BCUT2D eigenvalue weighted by molar-refractivity contribution is 6.30. The predicted octanol–water partition coefficient (Wildman–Crippen LogP) is 6.17. The van der Waals surface area contributed by atoms with E-state index in [0.29, 0.717) is 42.6 Å². The minimum absolute atomic E-state index is 0.162. The second-order valence-electron chi connectivity index (χ2n) is 12.2. The smallest absolute Gasteiger partial charge is 0.335 e. The zero-order valence-corrected chi connectivity index (χ0v) is 25.7. The van der Waals surface area contributed by atoms with Gasteiger partial charge in [0, 0.05) is 43.6 Å². The van der Waals surface area contributed by atoms with Crippen molar-refractivity contribution in [3.05, 3.63) is 88.0 Å². The van der Waals surface area contributed by atoms with Crippen LogP contribution < -0.4 is 9.47 Å². The number of aromatic carboxylic acids is 1.